The summed E-state index contributed by atoms with van der Waals surface area (Å²) in [6.07, 6.45) is 6.27. The van der Waals surface area contributed by atoms with E-state index in [9.17, 15) is 5.11 Å². The molecular weight excluding hydrogens is 196 g/mol. The zero-order chi connectivity index (χ0) is 11.4. The Balaban J connectivity index is 2.44. The largest absolute Gasteiger partial charge is 0.507 e. The van der Waals surface area contributed by atoms with Gasteiger partial charge in [0, 0.05) is 10.9 Å². The van der Waals surface area contributed by atoms with Crippen LogP contribution in [0.25, 0.3) is 16.8 Å². The first kappa shape index (κ1) is 10.7. The van der Waals surface area contributed by atoms with Crippen LogP contribution in [0.5, 0.6) is 5.75 Å². The van der Waals surface area contributed by atoms with Crippen molar-refractivity contribution in [2.24, 2.45) is 0 Å². The average Bonchev–Trinajstić information content (AvgIpc) is 2.33. The van der Waals surface area contributed by atoms with E-state index in [4.69, 9.17) is 0 Å². The molecule has 0 aromatic heterocycles. The Morgan fingerprint density at radius 2 is 1.94 bits per heavy atom. The number of fused-ring (bicyclic) bond motifs is 1. The predicted octanol–water partition coefficient (Wildman–Crippen LogP) is 4.36. The Kier molecular flexibility index (Phi) is 3.25. The second kappa shape index (κ2) is 4.84. The van der Waals surface area contributed by atoms with Gasteiger partial charge in [0.2, 0.25) is 0 Å². The molecule has 16 heavy (non-hydrogen) atoms. The van der Waals surface area contributed by atoms with Gasteiger partial charge < -0.3 is 5.11 Å². The fourth-order valence-corrected chi connectivity index (χ4v) is 1.78. The lowest BCUT2D eigenvalue weighted by molar-refractivity contribution is 0.480. The molecule has 1 nitrogen and oxygen atoms in total. The molecular formula is C15H16O. The van der Waals surface area contributed by atoms with Gasteiger partial charge in [-0.25, -0.2) is 0 Å². The number of hydrogen-bond donors (Lipinski definition) is 1. The van der Waals surface area contributed by atoms with E-state index in [1.165, 1.54) is 0 Å². The summed E-state index contributed by atoms with van der Waals surface area (Å²) in [5.41, 5.74) is 0.896. The van der Waals surface area contributed by atoms with Gasteiger partial charge in [0.1, 0.15) is 5.75 Å². The van der Waals surface area contributed by atoms with Crippen LogP contribution < -0.4 is 0 Å². The Morgan fingerprint density at radius 3 is 2.75 bits per heavy atom. The maximum absolute atomic E-state index is 10.1. The normalized spacial score (nSPS) is 11.3. The molecule has 0 aliphatic heterocycles. The summed E-state index contributed by atoms with van der Waals surface area (Å²) in [6.45, 7) is 2.14. The van der Waals surface area contributed by atoms with Crippen molar-refractivity contribution in [1.29, 1.82) is 0 Å². The zero-order valence-electron chi connectivity index (χ0n) is 9.48. The van der Waals surface area contributed by atoms with Crippen LogP contribution in [0.2, 0.25) is 0 Å². The quantitative estimate of drug-likeness (QED) is 0.801. The van der Waals surface area contributed by atoms with Crippen LogP contribution in [0.3, 0.4) is 0 Å². The molecule has 1 heteroatoms. The second-order valence-corrected chi connectivity index (χ2v) is 3.92. The topological polar surface area (TPSA) is 20.2 Å². The van der Waals surface area contributed by atoms with Gasteiger partial charge in [0.15, 0.2) is 0 Å². The first-order chi connectivity index (χ1) is 7.83. The van der Waals surface area contributed by atoms with Gasteiger partial charge in [-0.2, -0.15) is 0 Å². The highest BCUT2D eigenvalue weighted by molar-refractivity contribution is 5.91. The van der Waals surface area contributed by atoms with E-state index >= 15 is 0 Å². The second-order valence-electron chi connectivity index (χ2n) is 3.92. The van der Waals surface area contributed by atoms with Gasteiger partial charge in [-0.05, 0) is 11.8 Å². The summed E-state index contributed by atoms with van der Waals surface area (Å²) in [5, 5.41) is 12.1. The predicted molar refractivity (Wildman–Crippen MR) is 69.6 cm³/mol. The maximum Gasteiger partial charge on any atom is 0.130 e. The van der Waals surface area contributed by atoms with Crippen LogP contribution in [0.4, 0.5) is 0 Å². The lowest BCUT2D eigenvalue weighted by atomic mass is 10.0. The van der Waals surface area contributed by atoms with Crippen LogP contribution in [-0.4, -0.2) is 5.11 Å². The van der Waals surface area contributed by atoms with Gasteiger partial charge >= 0.3 is 0 Å². The smallest absolute Gasteiger partial charge is 0.130 e. The van der Waals surface area contributed by atoms with Crippen molar-refractivity contribution >= 4 is 16.8 Å². The third-order valence-electron chi connectivity index (χ3n) is 2.68. The molecule has 0 aliphatic rings. The Hall–Kier alpha value is -1.76. The standard InChI is InChI=1S/C15H16O/c1-2-3-4-8-13-11-10-12-7-5-6-9-14(12)15(13)16/h4-11,16H,2-3H2,1H3. The van der Waals surface area contributed by atoms with E-state index in [-0.39, 0.29) is 0 Å². The molecule has 1 N–H and O–H groups in total. The van der Waals surface area contributed by atoms with E-state index in [0.717, 1.165) is 29.2 Å². The lowest BCUT2D eigenvalue weighted by Gasteiger charge is -2.04. The van der Waals surface area contributed by atoms with Crippen LogP contribution in [-0.2, 0) is 0 Å². The molecule has 0 spiro atoms. The van der Waals surface area contributed by atoms with Crippen LogP contribution in [0, 0.1) is 0 Å². The minimum Gasteiger partial charge on any atom is -0.507 e. The molecule has 2 aromatic carbocycles. The molecule has 0 bridgehead atoms. The number of aromatic hydroxyl groups is 1. The summed E-state index contributed by atoms with van der Waals surface area (Å²) in [5.74, 6) is 0.380. The molecule has 0 saturated carbocycles. The molecule has 0 atom stereocenters. The highest BCUT2D eigenvalue weighted by Gasteiger charge is 2.02. The van der Waals surface area contributed by atoms with Gasteiger partial charge in [-0.15, -0.1) is 0 Å². The van der Waals surface area contributed by atoms with Crippen molar-refractivity contribution < 1.29 is 5.11 Å². The molecule has 0 fully saturated rings. The first-order valence-corrected chi connectivity index (χ1v) is 5.70. The molecule has 0 saturated heterocycles. The van der Waals surface area contributed by atoms with Crippen molar-refractivity contribution in [2.45, 2.75) is 19.8 Å². The van der Waals surface area contributed by atoms with Gasteiger partial charge in [-0.1, -0.05) is 61.9 Å². The van der Waals surface area contributed by atoms with Crippen LogP contribution in [0.1, 0.15) is 25.3 Å². The number of allylic oxidation sites excluding steroid dienone is 1. The highest BCUT2D eigenvalue weighted by atomic mass is 16.3. The molecule has 2 rings (SSSR count). The number of phenols is 1. The van der Waals surface area contributed by atoms with Crippen molar-refractivity contribution in [3.05, 3.63) is 48.0 Å². The first-order valence-electron chi connectivity index (χ1n) is 5.70. The van der Waals surface area contributed by atoms with Gasteiger partial charge in [0.25, 0.3) is 0 Å². The Labute approximate surface area is 96.0 Å². The minimum atomic E-state index is 0.380. The lowest BCUT2D eigenvalue weighted by Crippen LogP contribution is -1.78. The SMILES string of the molecule is CCCC=Cc1ccc2ccccc2c1O. The third kappa shape index (κ3) is 2.08. The summed E-state index contributed by atoms with van der Waals surface area (Å²) in [7, 11) is 0. The summed E-state index contributed by atoms with van der Waals surface area (Å²) in [6, 6.07) is 11.9. The summed E-state index contributed by atoms with van der Waals surface area (Å²) in [4.78, 5) is 0. The van der Waals surface area contributed by atoms with Crippen molar-refractivity contribution in [3.8, 4) is 5.75 Å². The summed E-state index contributed by atoms with van der Waals surface area (Å²) >= 11 is 0. The van der Waals surface area contributed by atoms with Gasteiger partial charge in [0.05, 0.1) is 0 Å². The molecule has 0 heterocycles. The molecule has 0 aliphatic carbocycles. The monoisotopic (exact) mass is 212 g/mol. The number of hydrogen-bond acceptors (Lipinski definition) is 1. The van der Waals surface area contributed by atoms with Crippen molar-refractivity contribution in [3.63, 3.8) is 0 Å². The molecule has 0 unspecified atom stereocenters. The van der Waals surface area contributed by atoms with E-state index in [1.807, 2.05) is 42.5 Å². The van der Waals surface area contributed by atoms with Crippen LogP contribution in [0.15, 0.2) is 42.5 Å². The Morgan fingerprint density at radius 1 is 1.12 bits per heavy atom. The number of benzene rings is 2. The Bertz CT molecular complexity index is 512. The fraction of sp³-hybridized carbons (Fsp3) is 0.200. The number of phenolic OH excluding ortho intramolecular Hbond substituents is 1. The van der Waals surface area contributed by atoms with E-state index in [0.29, 0.717) is 5.75 Å². The zero-order valence-corrected chi connectivity index (χ0v) is 9.48. The highest BCUT2D eigenvalue weighted by Crippen LogP contribution is 2.29. The average molecular weight is 212 g/mol. The van der Waals surface area contributed by atoms with E-state index in [1.54, 1.807) is 0 Å². The maximum atomic E-state index is 10.1. The number of unbranched alkanes of at least 4 members (excludes halogenated alkanes) is 1. The molecule has 0 radical (unpaired) electrons. The fourth-order valence-electron chi connectivity index (χ4n) is 1.78. The van der Waals surface area contributed by atoms with Gasteiger partial charge in [-0.3, -0.25) is 0 Å². The third-order valence-corrected chi connectivity index (χ3v) is 2.68. The van der Waals surface area contributed by atoms with Crippen molar-refractivity contribution in [2.75, 3.05) is 0 Å². The molecule has 2 aromatic rings. The summed E-state index contributed by atoms with van der Waals surface area (Å²) < 4.78 is 0. The molecule has 82 valence electrons. The van der Waals surface area contributed by atoms with E-state index in [2.05, 4.69) is 13.0 Å². The van der Waals surface area contributed by atoms with Crippen LogP contribution >= 0.6 is 0 Å². The van der Waals surface area contributed by atoms with Crippen molar-refractivity contribution in [1.82, 2.24) is 0 Å². The number of rotatable bonds is 3. The minimum absolute atomic E-state index is 0.380. The molecule has 0 amide bonds. The van der Waals surface area contributed by atoms with E-state index < -0.39 is 0 Å².